The van der Waals surface area contributed by atoms with Crippen molar-refractivity contribution in [3.8, 4) is 0 Å². The van der Waals surface area contributed by atoms with Crippen molar-refractivity contribution in [2.75, 3.05) is 33.2 Å². The largest absolute Gasteiger partial charge is 0.355 e. The van der Waals surface area contributed by atoms with Gasteiger partial charge in [0.15, 0.2) is 5.96 Å². The number of nitrogens with one attached hydrogen (secondary N) is 2. The molecular weight excluding hydrogens is 250 g/mol. The lowest BCUT2D eigenvalue weighted by Gasteiger charge is -2.20. The molecule has 1 saturated carbocycles. The number of guanidine groups is 1. The van der Waals surface area contributed by atoms with Crippen molar-refractivity contribution in [3.05, 3.63) is 24.5 Å². The van der Waals surface area contributed by atoms with Crippen LogP contribution in [0.3, 0.4) is 0 Å². The van der Waals surface area contributed by atoms with Gasteiger partial charge in [-0.2, -0.15) is 0 Å². The second kappa shape index (κ2) is 7.94. The molecule has 0 aromatic carbocycles. The first-order valence-corrected chi connectivity index (χ1v) is 7.62. The molecule has 0 atom stereocenters. The summed E-state index contributed by atoms with van der Waals surface area (Å²) >= 11 is 0. The average molecular weight is 277 g/mol. The molecule has 5 nitrogen and oxygen atoms in total. The molecule has 112 valence electrons. The first-order chi connectivity index (χ1) is 9.83. The highest BCUT2D eigenvalue weighted by molar-refractivity contribution is 5.79. The van der Waals surface area contributed by atoms with Gasteiger partial charge in [-0.05, 0) is 31.5 Å². The molecule has 2 rings (SSSR count). The summed E-state index contributed by atoms with van der Waals surface area (Å²) in [5.74, 6) is 0.893. The van der Waals surface area contributed by atoms with Gasteiger partial charge in [0.2, 0.25) is 0 Å². The fourth-order valence-electron chi connectivity index (χ4n) is 2.40. The zero-order valence-corrected chi connectivity index (χ0v) is 12.7. The highest BCUT2D eigenvalue weighted by Gasteiger charge is 2.27. The molecule has 2 N–H and O–H groups in total. The predicted octanol–water partition coefficient (Wildman–Crippen LogP) is 1.14. The minimum atomic E-state index is 0.838. The fourth-order valence-corrected chi connectivity index (χ4v) is 2.40. The normalized spacial score (nSPS) is 15.7. The van der Waals surface area contributed by atoms with Crippen LogP contribution in [0.5, 0.6) is 0 Å². The third-order valence-corrected chi connectivity index (χ3v) is 3.71. The summed E-state index contributed by atoms with van der Waals surface area (Å²) in [5.41, 5.74) is 0. The van der Waals surface area contributed by atoms with Crippen molar-refractivity contribution < 1.29 is 0 Å². The zero-order chi connectivity index (χ0) is 14.2. The van der Waals surface area contributed by atoms with Crippen molar-refractivity contribution in [2.24, 2.45) is 4.99 Å². The molecule has 0 amide bonds. The van der Waals surface area contributed by atoms with E-state index in [9.17, 15) is 0 Å². The maximum absolute atomic E-state index is 4.26. The van der Waals surface area contributed by atoms with Gasteiger partial charge in [0.25, 0.3) is 0 Å². The van der Waals surface area contributed by atoms with Crippen molar-refractivity contribution in [2.45, 2.75) is 32.4 Å². The number of hydrogen-bond acceptors (Lipinski definition) is 2. The van der Waals surface area contributed by atoms with E-state index in [1.807, 2.05) is 19.2 Å². The van der Waals surface area contributed by atoms with E-state index in [-0.39, 0.29) is 0 Å². The second-order valence-electron chi connectivity index (χ2n) is 5.21. The minimum absolute atomic E-state index is 0.838. The molecule has 0 bridgehead atoms. The molecule has 0 aliphatic heterocycles. The molecule has 0 saturated heterocycles. The summed E-state index contributed by atoms with van der Waals surface area (Å²) in [6.45, 7) is 7.27. The molecule has 1 heterocycles. The number of nitrogens with zero attached hydrogens (tertiary/aromatic N) is 3. The Balaban J connectivity index is 1.59. The predicted molar refractivity (Wildman–Crippen MR) is 84.1 cm³/mol. The molecule has 1 aliphatic carbocycles. The Kier molecular flexibility index (Phi) is 5.92. The smallest absolute Gasteiger partial charge is 0.191 e. The van der Waals surface area contributed by atoms with E-state index in [0.717, 1.165) is 44.7 Å². The summed E-state index contributed by atoms with van der Waals surface area (Å²) in [7, 11) is 1.82. The molecule has 20 heavy (non-hydrogen) atoms. The summed E-state index contributed by atoms with van der Waals surface area (Å²) < 4.78 is 2.16. The fraction of sp³-hybridized carbons (Fsp3) is 0.667. The second-order valence-corrected chi connectivity index (χ2v) is 5.21. The SMILES string of the molecule is CCN(CCNC(=NC)NCCn1cccc1)C1CC1. The van der Waals surface area contributed by atoms with Gasteiger partial charge >= 0.3 is 0 Å². The number of hydrogen-bond donors (Lipinski definition) is 2. The van der Waals surface area contributed by atoms with Gasteiger partial charge in [0.1, 0.15) is 0 Å². The van der Waals surface area contributed by atoms with Crippen LogP contribution in [0.1, 0.15) is 19.8 Å². The van der Waals surface area contributed by atoms with Crippen LogP contribution >= 0.6 is 0 Å². The lowest BCUT2D eigenvalue weighted by atomic mass is 10.4. The highest BCUT2D eigenvalue weighted by atomic mass is 15.2. The van der Waals surface area contributed by atoms with E-state index in [2.05, 4.69) is 44.4 Å². The molecule has 0 unspecified atom stereocenters. The first-order valence-electron chi connectivity index (χ1n) is 7.62. The number of rotatable bonds is 8. The van der Waals surface area contributed by atoms with Gasteiger partial charge in [-0.1, -0.05) is 6.92 Å². The summed E-state index contributed by atoms with van der Waals surface area (Å²) in [6, 6.07) is 4.93. The Morgan fingerprint density at radius 2 is 1.95 bits per heavy atom. The number of likely N-dealkylation sites (N-methyl/N-ethyl adjacent to an activating group) is 1. The van der Waals surface area contributed by atoms with E-state index < -0.39 is 0 Å². The van der Waals surface area contributed by atoms with E-state index in [1.165, 1.54) is 12.8 Å². The minimum Gasteiger partial charge on any atom is -0.355 e. The van der Waals surface area contributed by atoms with Crippen LogP contribution in [0.15, 0.2) is 29.5 Å². The van der Waals surface area contributed by atoms with Crippen molar-refractivity contribution in [3.63, 3.8) is 0 Å². The van der Waals surface area contributed by atoms with Gasteiger partial charge in [0, 0.05) is 51.7 Å². The lowest BCUT2D eigenvalue weighted by molar-refractivity contribution is 0.282. The van der Waals surface area contributed by atoms with Gasteiger partial charge in [-0.3, -0.25) is 9.89 Å². The maximum Gasteiger partial charge on any atom is 0.191 e. The Morgan fingerprint density at radius 1 is 1.25 bits per heavy atom. The zero-order valence-electron chi connectivity index (χ0n) is 12.7. The standard InChI is InChI=1S/C15H27N5/c1-3-20(14-6-7-14)13-9-18-15(16-2)17-8-12-19-10-4-5-11-19/h4-5,10-11,14H,3,6-9,12-13H2,1-2H3,(H2,16,17,18). The molecule has 1 aliphatic rings. The lowest BCUT2D eigenvalue weighted by Crippen LogP contribution is -2.42. The quantitative estimate of drug-likeness (QED) is 0.553. The average Bonchev–Trinajstić information content (AvgIpc) is 3.18. The van der Waals surface area contributed by atoms with Crippen LogP contribution in [0.2, 0.25) is 0 Å². The van der Waals surface area contributed by atoms with Crippen LogP contribution in [0.4, 0.5) is 0 Å². The summed E-state index contributed by atoms with van der Waals surface area (Å²) in [6.07, 6.45) is 6.90. The molecule has 1 aromatic heterocycles. The maximum atomic E-state index is 4.26. The number of aliphatic imine (C=N–C) groups is 1. The Hall–Kier alpha value is -1.49. The van der Waals surface area contributed by atoms with E-state index in [4.69, 9.17) is 0 Å². The van der Waals surface area contributed by atoms with E-state index >= 15 is 0 Å². The molecule has 1 aromatic rings. The van der Waals surface area contributed by atoms with Gasteiger partial charge in [-0.25, -0.2) is 0 Å². The monoisotopic (exact) mass is 277 g/mol. The van der Waals surface area contributed by atoms with E-state index in [1.54, 1.807) is 0 Å². The van der Waals surface area contributed by atoms with Crippen molar-refractivity contribution in [1.29, 1.82) is 0 Å². The molecule has 5 heteroatoms. The first kappa shape index (κ1) is 14.9. The van der Waals surface area contributed by atoms with Gasteiger partial charge in [-0.15, -0.1) is 0 Å². The molecule has 1 fully saturated rings. The van der Waals surface area contributed by atoms with Crippen LogP contribution in [-0.2, 0) is 6.54 Å². The van der Waals surface area contributed by atoms with E-state index in [0.29, 0.717) is 0 Å². The topological polar surface area (TPSA) is 44.6 Å². The molecule has 0 spiro atoms. The van der Waals surface area contributed by atoms with Crippen LogP contribution < -0.4 is 10.6 Å². The van der Waals surface area contributed by atoms with Gasteiger partial charge in [0.05, 0.1) is 0 Å². The highest BCUT2D eigenvalue weighted by Crippen LogP contribution is 2.25. The Labute approximate surface area is 122 Å². The van der Waals surface area contributed by atoms with Crippen LogP contribution in [0, 0.1) is 0 Å². The Morgan fingerprint density at radius 3 is 2.55 bits per heavy atom. The van der Waals surface area contributed by atoms with Crippen molar-refractivity contribution >= 4 is 5.96 Å². The third-order valence-electron chi connectivity index (χ3n) is 3.71. The number of aromatic nitrogens is 1. The van der Waals surface area contributed by atoms with Gasteiger partial charge < -0.3 is 15.2 Å². The Bertz CT molecular complexity index is 394. The molecular formula is C15H27N5. The van der Waals surface area contributed by atoms with Crippen LogP contribution in [0.25, 0.3) is 0 Å². The van der Waals surface area contributed by atoms with Crippen molar-refractivity contribution in [1.82, 2.24) is 20.1 Å². The van der Waals surface area contributed by atoms with Crippen LogP contribution in [-0.4, -0.2) is 54.7 Å². The molecule has 0 radical (unpaired) electrons. The summed E-state index contributed by atoms with van der Waals surface area (Å²) in [4.78, 5) is 6.80. The summed E-state index contributed by atoms with van der Waals surface area (Å²) in [5, 5.41) is 6.73. The third kappa shape index (κ3) is 4.89.